The molecule has 1 saturated heterocycles. The molecular formula is C9H9FINO. The maximum Gasteiger partial charge on any atom is 0.183 e. The Labute approximate surface area is 89.8 Å². The third-order valence-corrected chi connectivity index (χ3v) is 2.61. The molecule has 2 nitrogen and oxygen atoms in total. The van der Waals surface area contributed by atoms with Gasteiger partial charge in [0.1, 0.15) is 0 Å². The second kappa shape index (κ2) is 3.79. The SMILES string of the molecule is Fc1cc(I)ccc1ON1CCC1. The number of hydrogen-bond acceptors (Lipinski definition) is 2. The molecule has 0 aliphatic carbocycles. The number of halogens is 2. The zero-order valence-corrected chi connectivity index (χ0v) is 9.12. The summed E-state index contributed by atoms with van der Waals surface area (Å²) >= 11 is 2.07. The lowest BCUT2D eigenvalue weighted by atomic mass is 10.3. The lowest BCUT2D eigenvalue weighted by Crippen LogP contribution is -2.39. The molecule has 0 aromatic heterocycles. The first-order chi connectivity index (χ1) is 6.25. The molecule has 13 heavy (non-hydrogen) atoms. The second-order valence-corrected chi connectivity index (χ2v) is 4.19. The molecule has 0 atom stereocenters. The lowest BCUT2D eigenvalue weighted by molar-refractivity contribution is -0.109. The summed E-state index contributed by atoms with van der Waals surface area (Å²) in [6.45, 7) is 1.79. The standard InChI is InChI=1S/C9H9FINO/c10-8-6-7(11)2-3-9(8)13-12-4-1-5-12/h2-3,6H,1,4-5H2. The molecule has 70 valence electrons. The first kappa shape index (κ1) is 9.21. The number of benzene rings is 1. The maximum atomic E-state index is 13.2. The van der Waals surface area contributed by atoms with Crippen LogP contribution in [0, 0.1) is 9.39 Å². The van der Waals surface area contributed by atoms with Gasteiger partial charge in [0.05, 0.1) is 0 Å². The molecule has 0 saturated carbocycles. The Morgan fingerprint density at radius 1 is 1.38 bits per heavy atom. The molecule has 1 fully saturated rings. The Morgan fingerprint density at radius 3 is 2.69 bits per heavy atom. The van der Waals surface area contributed by atoms with E-state index < -0.39 is 0 Å². The van der Waals surface area contributed by atoms with E-state index in [1.54, 1.807) is 11.1 Å². The predicted octanol–water partition coefficient (Wildman–Crippen LogP) is 2.43. The van der Waals surface area contributed by atoms with Gasteiger partial charge in [0.15, 0.2) is 11.6 Å². The summed E-state index contributed by atoms with van der Waals surface area (Å²) in [6, 6.07) is 4.96. The third kappa shape index (κ3) is 2.11. The molecule has 1 aliphatic heterocycles. The summed E-state index contributed by atoms with van der Waals surface area (Å²) in [6.07, 6.45) is 1.13. The van der Waals surface area contributed by atoms with Crippen LogP contribution in [-0.4, -0.2) is 18.2 Å². The van der Waals surface area contributed by atoms with Gasteiger partial charge < -0.3 is 4.84 Å². The molecule has 1 heterocycles. The van der Waals surface area contributed by atoms with Crippen LogP contribution in [0.2, 0.25) is 0 Å². The molecule has 0 amide bonds. The summed E-state index contributed by atoms with van der Waals surface area (Å²) in [5.74, 6) is 0.0268. The molecule has 0 bridgehead atoms. The van der Waals surface area contributed by atoms with Crippen molar-refractivity contribution < 1.29 is 9.23 Å². The van der Waals surface area contributed by atoms with Gasteiger partial charge in [-0.1, -0.05) is 0 Å². The van der Waals surface area contributed by atoms with Gasteiger partial charge in [-0.3, -0.25) is 0 Å². The summed E-state index contributed by atoms with van der Waals surface area (Å²) in [5.41, 5.74) is 0. The number of hydrogen-bond donors (Lipinski definition) is 0. The largest absolute Gasteiger partial charge is 0.403 e. The van der Waals surface area contributed by atoms with Crippen LogP contribution in [0.15, 0.2) is 18.2 Å². The van der Waals surface area contributed by atoms with Crippen LogP contribution < -0.4 is 4.84 Å². The van der Waals surface area contributed by atoms with Gasteiger partial charge in [0.2, 0.25) is 0 Å². The Balaban J connectivity index is 2.10. The average Bonchev–Trinajstić information content (AvgIpc) is 1.99. The molecule has 4 heteroatoms. The molecule has 2 rings (SSSR count). The van der Waals surface area contributed by atoms with Gasteiger partial charge in [-0.25, -0.2) is 4.39 Å². The van der Waals surface area contributed by atoms with Crippen LogP contribution in [0.25, 0.3) is 0 Å². The highest BCUT2D eigenvalue weighted by atomic mass is 127. The fourth-order valence-electron chi connectivity index (χ4n) is 1.07. The third-order valence-electron chi connectivity index (χ3n) is 1.94. The van der Waals surface area contributed by atoms with E-state index in [9.17, 15) is 4.39 Å². The second-order valence-electron chi connectivity index (χ2n) is 2.95. The van der Waals surface area contributed by atoms with Crippen molar-refractivity contribution in [1.82, 2.24) is 5.06 Å². The highest BCUT2D eigenvalue weighted by Gasteiger charge is 2.17. The monoisotopic (exact) mass is 293 g/mol. The van der Waals surface area contributed by atoms with Gasteiger partial charge in [0.25, 0.3) is 0 Å². The van der Waals surface area contributed by atoms with E-state index in [0.717, 1.165) is 23.1 Å². The van der Waals surface area contributed by atoms with Crippen molar-refractivity contribution in [1.29, 1.82) is 0 Å². The first-order valence-electron chi connectivity index (χ1n) is 4.14. The van der Waals surface area contributed by atoms with Crippen molar-refractivity contribution in [3.05, 3.63) is 27.6 Å². The van der Waals surface area contributed by atoms with Crippen molar-refractivity contribution in [2.75, 3.05) is 13.1 Å². The van der Waals surface area contributed by atoms with Gasteiger partial charge in [-0.15, -0.1) is 5.06 Å². The van der Waals surface area contributed by atoms with Gasteiger partial charge in [-0.05, 0) is 47.2 Å². The van der Waals surface area contributed by atoms with Crippen molar-refractivity contribution in [2.24, 2.45) is 0 Å². The Morgan fingerprint density at radius 2 is 2.15 bits per heavy atom. The highest BCUT2D eigenvalue weighted by Crippen LogP contribution is 2.21. The molecule has 1 aromatic rings. The van der Waals surface area contributed by atoms with E-state index in [2.05, 4.69) is 22.6 Å². The first-order valence-corrected chi connectivity index (χ1v) is 5.21. The molecule has 0 radical (unpaired) electrons. The van der Waals surface area contributed by atoms with Crippen LogP contribution in [0.1, 0.15) is 6.42 Å². The van der Waals surface area contributed by atoms with Crippen molar-refractivity contribution >= 4 is 22.6 Å². The smallest absolute Gasteiger partial charge is 0.183 e. The normalized spacial score (nSPS) is 16.8. The average molecular weight is 293 g/mol. The van der Waals surface area contributed by atoms with E-state index in [-0.39, 0.29) is 5.82 Å². The molecule has 0 spiro atoms. The fraction of sp³-hybridized carbons (Fsp3) is 0.333. The fourth-order valence-corrected chi connectivity index (χ4v) is 1.52. The van der Waals surface area contributed by atoms with E-state index in [1.807, 2.05) is 6.07 Å². The molecule has 1 aromatic carbocycles. The quantitative estimate of drug-likeness (QED) is 0.777. The summed E-state index contributed by atoms with van der Waals surface area (Å²) < 4.78 is 14.1. The number of rotatable bonds is 2. The lowest BCUT2D eigenvalue weighted by Gasteiger charge is -2.29. The van der Waals surface area contributed by atoms with Crippen LogP contribution in [-0.2, 0) is 0 Å². The summed E-state index contributed by atoms with van der Waals surface area (Å²) in [4.78, 5) is 5.29. The Kier molecular flexibility index (Phi) is 2.69. The van der Waals surface area contributed by atoms with Gasteiger partial charge in [-0.2, -0.15) is 0 Å². The molecule has 0 unspecified atom stereocenters. The molecule has 1 aliphatic rings. The zero-order valence-electron chi connectivity index (χ0n) is 6.96. The summed E-state index contributed by atoms with van der Waals surface area (Å²) in [7, 11) is 0. The van der Waals surface area contributed by atoms with Crippen LogP contribution >= 0.6 is 22.6 Å². The van der Waals surface area contributed by atoms with E-state index >= 15 is 0 Å². The highest BCUT2D eigenvalue weighted by molar-refractivity contribution is 14.1. The Bertz CT molecular complexity index is 314. The van der Waals surface area contributed by atoms with Crippen LogP contribution in [0.4, 0.5) is 4.39 Å². The van der Waals surface area contributed by atoms with E-state index in [0.29, 0.717) is 5.75 Å². The van der Waals surface area contributed by atoms with Crippen molar-refractivity contribution in [3.8, 4) is 5.75 Å². The van der Waals surface area contributed by atoms with Gasteiger partial charge in [0, 0.05) is 16.7 Å². The minimum atomic E-state index is -0.293. The predicted molar refractivity (Wildman–Crippen MR) is 55.9 cm³/mol. The Hall–Kier alpha value is -0.360. The topological polar surface area (TPSA) is 12.5 Å². The number of nitrogens with zero attached hydrogens (tertiary/aromatic N) is 1. The van der Waals surface area contributed by atoms with E-state index in [1.165, 1.54) is 6.07 Å². The van der Waals surface area contributed by atoms with Crippen molar-refractivity contribution in [3.63, 3.8) is 0 Å². The summed E-state index contributed by atoms with van der Waals surface area (Å²) in [5, 5.41) is 1.76. The van der Waals surface area contributed by atoms with Crippen LogP contribution in [0.5, 0.6) is 5.75 Å². The zero-order chi connectivity index (χ0) is 9.26. The number of hydroxylamine groups is 2. The maximum absolute atomic E-state index is 13.2. The van der Waals surface area contributed by atoms with Crippen LogP contribution in [0.3, 0.4) is 0 Å². The minimum absolute atomic E-state index is 0.293. The molecular weight excluding hydrogens is 284 g/mol. The van der Waals surface area contributed by atoms with Gasteiger partial charge >= 0.3 is 0 Å². The minimum Gasteiger partial charge on any atom is -0.403 e. The van der Waals surface area contributed by atoms with Crippen molar-refractivity contribution in [2.45, 2.75) is 6.42 Å². The van der Waals surface area contributed by atoms with E-state index in [4.69, 9.17) is 4.84 Å². The molecule has 0 N–H and O–H groups in total.